The number of primary amides is 1. The predicted molar refractivity (Wildman–Crippen MR) is 78.1 cm³/mol. The van der Waals surface area contributed by atoms with Crippen LogP contribution in [0.15, 0.2) is 24.3 Å². The molecule has 0 bridgehead atoms. The number of rotatable bonds is 4. The highest BCUT2D eigenvalue weighted by Crippen LogP contribution is 2.16. The van der Waals surface area contributed by atoms with Crippen molar-refractivity contribution in [1.82, 2.24) is 4.90 Å². The van der Waals surface area contributed by atoms with Gasteiger partial charge in [0, 0.05) is 12.2 Å². The zero-order chi connectivity index (χ0) is 15.2. The third-order valence-electron chi connectivity index (χ3n) is 3.57. The highest BCUT2D eigenvalue weighted by molar-refractivity contribution is 5.92. The van der Waals surface area contributed by atoms with Crippen molar-refractivity contribution in [3.8, 4) is 6.07 Å². The van der Waals surface area contributed by atoms with Crippen LogP contribution in [0.3, 0.4) is 0 Å². The molecule has 0 spiro atoms. The smallest absolute Gasteiger partial charge is 0.238 e. The number of nitrogens with zero attached hydrogens (tertiary/aromatic N) is 2. The maximum atomic E-state index is 12.0. The molecule has 1 aromatic carbocycles. The molecule has 0 aliphatic carbocycles. The van der Waals surface area contributed by atoms with E-state index in [9.17, 15) is 9.59 Å². The van der Waals surface area contributed by atoms with E-state index in [2.05, 4.69) is 5.32 Å². The SMILES string of the molecule is N#Cc1ccc(NC(=O)CN2CCCC(C(N)=O)C2)cc1. The van der Waals surface area contributed by atoms with Gasteiger partial charge in [-0.15, -0.1) is 0 Å². The summed E-state index contributed by atoms with van der Waals surface area (Å²) in [4.78, 5) is 25.1. The molecule has 1 saturated heterocycles. The quantitative estimate of drug-likeness (QED) is 0.850. The molecule has 2 rings (SSSR count). The number of nitriles is 1. The normalized spacial score (nSPS) is 18.7. The lowest BCUT2D eigenvalue weighted by atomic mass is 9.97. The average Bonchev–Trinajstić information content (AvgIpc) is 2.48. The summed E-state index contributed by atoms with van der Waals surface area (Å²) in [5.41, 5.74) is 6.52. The van der Waals surface area contributed by atoms with Crippen LogP contribution in [0.4, 0.5) is 5.69 Å². The number of carbonyl (C=O) groups excluding carboxylic acids is 2. The minimum absolute atomic E-state index is 0.134. The first-order chi connectivity index (χ1) is 10.1. The number of amides is 2. The summed E-state index contributed by atoms with van der Waals surface area (Å²) < 4.78 is 0. The summed E-state index contributed by atoms with van der Waals surface area (Å²) >= 11 is 0. The zero-order valence-electron chi connectivity index (χ0n) is 11.7. The Bertz CT molecular complexity index is 562. The van der Waals surface area contributed by atoms with E-state index in [1.165, 1.54) is 0 Å². The number of nitrogens with one attached hydrogen (secondary N) is 1. The van der Waals surface area contributed by atoms with Crippen molar-refractivity contribution in [3.63, 3.8) is 0 Å². The summed E-state index contributed by atoms with van der Waals surface area (Å²) in [6.07, 6.45) is 1.67. The Balaban J connectivity index is 1.86. The lowest BCUT2D eigenvalue weighted by Gasteiger charge is -2.30. The summed E-state index contributed by atoms with van der Waals surface area (Å²) in [6, 6.07) is 8.72. The third kappa shape index (κ3) is 4.29. The largest absolute Gasteiger partial charge is 0.369 e. The molecule has 3 N–H and O–H groups in total. The second-order valence-corrected chi connectivity index (χ2v) is 5.21. The van der Waals surface area contributed by atoms with Crippen molar-refractivity contribution in [2.45, 2.75) is 12.8 Å². The van der Waals surface area contributed by atoms with E-state index < -0.39 is 0 Å². The van der Waals surface area contributed by atoms with Crippen LogP contribution in [-0.2, 0) is 9.59 Å². The second-order valence-electron chi connectivity index (χ2n) is 5.21. The van der Waals surface area contributed by atoms with Crippen molar-refractivity contribution in [2.75, 3.05) is 25.0 Å². The number of anilines is 1. The van der Waals surface area contributed by atoms with Crippen LogP contribution >= 0.6 is 0 Å². The van der Waals surface area contributed by atoms with Crippen molar-refractivity contribution in [1.29, 1.82) is 5.26 Å². The molecular weight excluding hydrogens is 268 g/mol. The van der Waals surface area contributed by atoms with E-state index in [1.807, 2.05) is 11.0 Å². The number of likely N-dealkylation sites (tertiary alicyclic amines) is 1. The van der Waals surface area contributed by atoms with E-state index in [0.717, 1.165) is 19.4 Å². The van der Waals surface area contributed by atoms with Crippen molar-refractivity contribution >= 4 is 17.5 Å². The fraction of sp³-hybridized carbons (Fsp3) is 0.400. The van der Waals surface area contributed by atoms with E-state index in [-0.39, 0.29) is 24.3 Å². The first kappa shape index (κ1) is 15.0. The van der Waals surface area contributed by atoms with Crippen LogP contribution in [0.5, 0.6) is 0 Å². The van der Waals surface area contributed by atoms with E-state index >= 15 is 0 Å². The Morgan fingerprint density at radius 3 is 2.71 bits per heavy atom. The zero-order valence-corrected chi connectivity index (χ0v) is 11.7. The summed E-state index contributed by atoms with van der Waals surface area (Å²) in [5, 5.41) is 11.5. The fourth-order valence-corrected chi connectivity index (χ4v) is 2.46. The number of hydrogen-bond acceptors (Lipinski definition) is 4. The molecule has 110 valence electrons. The topological polar surface area (TPSA) is 99.2 Å². The van der Waals surface area contributed by atoms with Crippen LogP contribution in [0.2, 0.25) is 0 Å². The van der Waals surface area contributed by atoms with Crippen molar-refractivity contribution in [3.05, 3.63) is 29.8 Å². The standard InChI is InChI=1S/C15H18N4O2/c16-8-11-3-5-13(6-4-11)18-14(20)10-19-7-1-2-12(9-19)15(17)21/h3-6,12H,1-2,7,9-10H2,(H2,17,21)(H,18,20). The molecule has 6 nitrogen and oxygen atoms in total. The van der Waals surface area contributed by atoms with Crippen molar-refractivity contribution in [2.24, 2.45) is 11.7 Å². The average molecular weight is 286 g/mol. The molecule has 2 amide bonds. The second kappa shape index (κ2) is 6.86. The molecule has 1 atom stereocenters. The number of carbonyl (C=O) groups is 2. The lowest BCUT2D eigenvalue weighted by molar-refractivity contribution is -0.125. The minimum atomic E-state index is -0.299. The van der Waals surface area contributed by atoms with Gasteiger partial charge in [0.05, 0.1) is 24.1 Å². The predicted octanol–water partition coefficient (Wildman–Crippen LogP) is 0.694. The van der Waals surface area contributed by atoms with E-state index in [0.29, 0.717) is 17.8 Å². The van der Waals surface area contributed by atoms with Gasteiger partial charge in [0.1, 0.15) is 0 Å². The Labute approximate surface area is 123 Å². The maximum Gasteiger partial charge on any atom is 0.238 e. The fourth-order valence-electron chi connectivity index (χ4n) is 2.46. The Hall–Kier alpha value is -2.39. The van der Waals surface area contributed by atoms with Gasteiger partial charge in [-0.1, -0.05) is 0 Å². The molecule has 1 fully saturated rings. The number of nitrogens with two attached hydrogens (primary N) is 1. The highest BCUT2D eigenvalue weighted by atomic mass is 16.2. The first-order valence-corrected chi connectivity index (χ1v) is 6.90. The Kier molecular flexibility index (Phi) is 4.90. The van der Waals surface area contributed by atoms with Gasteiger partial charge in [-0.25, -0.2) is 0 Å². The van der Waals surface area contributed by atoms with E-state index in [1.54, 1.807) is 24.3 Å². The molecule has 6 heteroatoms. The van der Waals surface area contributed by atoms with Gasteiger partial charge < -0.3 is 11.1 Å². The lowest BCUT2D eigenvalue weighted by Crippen LogP contribution is -2.44. The number of benzene rings is 1. The minimum Gasteiger partial charge on any atom is -0.369 e. The van der Waals surface area contributed by atoms with Gasteiger partial charge in [-0.2, -0.15) is 5.26 Å². The van der Waals surface area contributed by atoms with Gasteiger partial charge in [0.2, 0.25) is 11.8 Å². The third-order valence-corrected chi connectivity index (χ3v) is 3.57. The van der Waals surface area contributed by atoms with Gasteiger partial charge in [-0.3, -0.25) is 14.5 Å². The summed E-state index contributed by atoms with van der Waals surface area (Å²) in [5.74, 6) is -0.599. The molecule has 1 unspecified atom stereocenters. The van der Waals surface area contributed by atoms with E-state index in [4.69, 9.17) is 11.0 Å². The Morgan fingerprint density at radius 2 is 2.10 bits per heavy atom. The molecule has 1 aliphatic rings. The molecule has 0 saturated carbocycles. The van der Waals surface area contributed by atoms with Crippen LogP contribution < -0.4 is 11.1 Å². The first-order valence-electron chi connectivity index (χ1n) is 6.90. The van der Waals surface area contributed by atoms with Gasteiger partial charge in [0.25, 0.3) is 0 Å². The summed E-state index contributed by atoms with van der Waals surface area (Å²) in [6.45, 7) is 1.57. The molecule has 1 heterocycles. The maximum absolute atomic E-state index is 12.0. The number of piperidine rings is 1. The summed E-state index contributed by atoms with van der Waals surface area (Å²) in [7, 11) is 0. The van der Waals surface area contributed by atoms with Gasteiger partial charge in [-0.05, 0) is 43.7 Å². The van der Waals surface area contributed by atoms with Crippen LogP contribution in [-0.4, -0.2) is 36.3 Å². The number of hydrogen-bond donors (Lipinski definition) is 2. The van der Waals surface area contributed by atoms with Crippen LogP contribution in [0.25, 0.3) is 0 Å². The highest BCUT2D eigenvalue weighted by Gasteiger charge is 2.25. The monoisotopic (exact) mass is 286 g/mol. The molecular formula is C15H18N4O2. The molecule has 21 heavy (non-hydrogen) atoms. The Morgan fingerprint density at radius 1 is 1.38 bits per heavy atom. The van der Waals surface area contributed by atoms with Crippen LogP contribution in [0, 0.1) is 17.2 Å². The van der Waals surface area contributed by atoms with Gasteiger partial charge >= 0.3 is 0 Å². The molecule has 1 aromatic rings. The molecule has 1 aliphatic heterocycles. The molecule has 0 radical (unpaired) electrons. The van der Waals surface area contributed by atoms with Crippen LogP contribution in [0.1, 0.15) is 18.4 Å². The van der Waals surface area contributed by atoms with Gasteiger partial charge in [0.15, 0.2) is 0 Å². The van der Waals surface area contributed by atoms with Crippen molar-refractivity contribution < 1.29 is 9.59 Å². The molecule has 0 aromatic heterocycles.